The first-order valence-electron chi connectivity index (χ1n) is 23.7. The minimum absolute atomic E-state index is 0. The summed E-state index contributed by atoms with van der Waals surface area (Å²) < 4.78 is 0. The van der Waals surface area contributed by atoms with Crippen LogP contribution >= 0.6 is 0 Å². The smallest absolute Gasteiger partial charge is 0.443 e. The molecule has 0 aliphatic carbocycles. The zero-order valence-electron chi connectivity index (χ0n) is 42.4. The summed E-state index contributed by atoms with van der Waals surface area (Å²) in [5, 5.41) is 4.36. The van der Waals surface area contributed by atoms with Gasteiger partial charge in [0.1, 0.15) is 0 Å². The third-order valence-electron chi connectivity index (χ3n) is 12.5. The summed E-state index contributed by atoms with van der Waals surface area (Å²) in [6.07, 6.45) is 7.35. The van der Waals surface area contributed by atoms with Gasteiger partial charge in [0, 0.05) is 23.2 Å². The molecule has 4 aromatic heterocycles. The summed E-state index contributed by atoms with van der Waals surface area (Å²) in [6.45, 7) is 31.3. The van der Waals surface area contributed by atoms with Crippen molar-refractivity contribution in [2.45, 2.75) is 131 Å². The first-order valence-corrected chi connectivity index (χ1v) is 23.7. The number of hydrogen-bond donors (Lipinski definition) is 0. The number of fused-ring (bicyclic) bond motifs is 2. The predicted octanol–water partition coefficient (Wildman–Crippen LogP) is 15.3. The molecule has 0 bridgehead atoms. The Kier molecular flexibility index (Phi) is 15.9. The molecule has 0 amide bonds. The Bertz CT molecular complexity index is 2870. The van der Waals surface area contributed by atoms with Crippen molar-refractivity contribution < 1.29 is 19.5 Å². The monoisotopic (exact) mass is 936 g/mol. The van der Waals surface area contributed by atoms with Gasteiger partial charge in [-0.15, -0.1) is 0 Å². The number of rotatable bonds is 8. The minimum Gasteiger partial charge on any atom is -0.443 e. The SMILES string of the molecule is CC(C)c1cccc(C(C)C)c1-c1ccc2c(N=c3cc(C(C)(C)C)cc[n-]3)nccc2c1.CC(C)c1cccc(C(C)C)c1-c1ccc2c(N=c3cc(C(C)(C)C)cc[n-]3)nccc2c1.[Zn+2]. The van der Waals surface area contributed by atoms with Crippen LogP contribution in [0.25, 0.3) is 43.8 Å². The molecule has 67 heavy (non-hydrogen) atoms. The Labute approximate surface area is 412 Å². The summed E-state index contributed by atoms with van der Waals surface area (Å²) in [5.74, 6) is 3.24. The summed E-state index contributed by atoms with van der Waals surface area (Å²) in [5.41, 5.74) is 14.7. The third kappa shape index (κ3) is 11.7. The van der Waals surface area contributed by atoms with Gasteiger partial charge < -0.3 is 20.0 Å². The number of benzene rings is 4. The van der Waals surface area contributed by atoms with Gasteiger partial charge in [-0.05, 0) is 125 Å². The van der Waals surface area contributed by atoms with E-state index in [1.54, 1.807) is 0 Å². The van der Waals surface area contributed by atoms with Crippen molar-refractivity contribution in [2.75, 3.05) is 0 Å². The van der Waals surface area contributed by atoms with Crippen molar-refractivity contribution in [1.82, 2.24) is 19.9 Å². The van der Waals surface area contributed by atoms with E-state index in [1.165, 1.54) is 55.6 Å². The number of aromatic nitrogens is 4. The maximum absolute atomic E-state index is 4.82. The van der Waals surface area contributed by atoms with E-state index < -0.39 is 0 Å². The largest absolute Gasteiger partial charge is 2.00 e. The Morgan fingerprint density at radius 2 is 0.776 bits per heavy atom. The Morgan fingerprint density at radius 3 is 1.09 bits per heavy atom. The maximum Gasteiger partial charge on any atom is 2.00 e. The quantitative estimate of drug-likeness (QED) is 0.142. The summed E-state index contributed by atoms with van der Waals surface area (Å²) in [4.78, 5) is 27.7. The molecule has 4 aromatic carbocycles. The molecular formula is C60H68N6Zn. The van der Waals surface area contributed by atoms with Crippen molar-refractivity contribution in [3.05, 3.63) is 178 Å². The molecule has 0 N–H and O–H groups in total. The van der Waals surface area contributed by atoms with Crippen LogP contribution in [-0.2, 0) is 30.3 Å². The molecule has 0 saturated carbocycles. The summed E-state index contributed by atoms with van der Waals surface area (Å²) in [7, 11) is 0. The average molecular weight is 939 g/mol. The van der Waals surface area contributed by atoms with Crippen molar-refractivity contribution in [1.29, 1.82) is 0 Å². The minimum atomic E-state index is 0. The molecule has 4 heterocycles. The molecule has 7 heteroatoms. The molecule has 0 aliphatic heterocycles. The molecule has 0 atom stereocenters. The van der Waals surface area contributed by atoms with Crippen molar-refractivity contribution in [3.8, 4) is 22.3 Å². The molecule has 0 saturated heterocycles. The van der Waals surface area contributed by atoms with Gasteiger partial charge in [0.25, 0.3) is 0 Å². The van der Waals surface area contributed by atoms with Gasteiger partial charge in [-0.25, -0.2) is 0 Å². The molecule has 0 fully saturated rings. The Hall–Kier alpha value is -5.78. The van der Waals surface area contributed by atoms with E-state index in [2.05, 4.69) is 226 Å². The van der Waals surface area contributed by atoms with Crippen LogP contribution in [0.15, 0.2) is 144 Å². The van der Waals surface area contributed by atoms with Gasteiger partial charge in [-0.1, -0.05) is 205 Å². The zero-order valence-corrected chi connectivity index (χ0v) is 45.4. The molecule has 0 spiro atoms. The van der Waals surface area contributed by atoms with E-state index in [4.69, 9.17) is 9.98 Å². The topological polar surface area (TPSA) is 78.7 Å². The van der Waals surface area contributed by atoms with Gasteiger partial charge in [0.2, 0.25) is 0 Å². The van der Waals surface area contributed by atoms with E-state index in [-0.39, 0.29) is 30.3 Å². The standard InChI is InChI=1S/2C30H34N3.Zn/c2*1-19(2)24-9-8-10-25(20(3)4)28(24)22-11-12-26-21(17-22)13-15-32-29(26)33-27-18-23(14-16-31-27)30(5,6)7;/h2*8-20H,1-7H3;/q2*-1;+2. The zero-order chi connectivity index (χ0) is 47.5. The van der Waals surface area contributed by atoms with Crippen LogP contribution < -0.4 is 20.9 Å². The summed E-state index contributed by atoms with van der Waals surface area (Å²) >= 11 is 0. The molecular weight excluding hydrogens is 870 g/mol. The average Bonchev–Trinajstić information content (AvgIpc) is 3.28. The van der Waals surface area contributed by atoms with E-state index >= 15 is 0 Å². The van der Waals surface area contributed by atoms with Crippen LogP contribution in [0.5, 0.6) is 0 Å². The molecule has 8 aromatic rings. The van der Waals surface area contributed by atoms with E-state index in [0.717, 1.165) is 21.5 Å². The van der Waals surface area contributed by atoms with Crippen LogP contribution in [0.1, 0.15) is 154 Å². The number of pyridine rings is 4. The molecule has 0 aliphatic rings. The van der Waals surface area contributed by atoms with Gasteiger partial charge in [-0.2, -0.15) is 0 Å². The second-order valence-corrected chi connectivity index (χ2v) is 20.9. The number of hydrogen-bond acceptors (Lipinski definition) is 4. The summed E-state index contributed by atoms with van der Waals surface area (Å²) in [6, 6.07) is 39.1. The molecule has 6 nitrogen and oxygen atoms in total. The third-order valence-corrected chi connectivity index (χ3v) is 12.5. The van der Waals surface area contributed by atoms with Crippen LogP contribution in [0.3, 0.4) is 0 Å². The second-order valence-electron chi connectivity index (χ2n) is 20.9. The molecule has 340 valence electrons. The van der Waals surface area contributed by atoms with Crippen LogP contribution in [0.2, 0.25) is 0 Å². The van der Waals surface area contributed by atoms with Crippen LogP contribution in [0, 0.1) is 0 Å². The predicted molar refractivity (Wildman–Crippen MR) is 278 cm³/mol. The fourth-order valence-electron chi connectivity index (χ4n) is 8.69. The molecule has 0 unspecified atom stereocenters. The van der Waals surface area contributed by atoms with Crippen molar-refractivity contribution in [3.63, 3.8) is 0 Å². The Morgan fingerprint density at radius 1 is 0.433 bits per heavy atom. The van der Waals surface area contributed by atoms with Crippen LogP contribution in [0.4, 0.5) is 11.6 Å². The molecule has 0 radical (unpaired) electrons. The van der Waals surface area contributed by atoms with Crippen LogP contribution in [-0.4, -0.2) is 9.97 Å². The first kappa shape index (κ1) is 50.6. The van der Waals surface area contributed by atoms with Gasteiger partial charge in [0.05, 0.1) is 11.6 Å². The fraction of sp³-hybridized carbons (Fsp3) is 0.333. The first-order chi connectivity index (χ1) is 31.3. The second kappa shape index (κ2) is 21.0. The van der Waals surface area contributed by atoms with E-state index in [9.17, 15) is 0 Å². The van der Waals surface area contributed by atoms with Crippen molar-refractivity contribution in [2.24, 2.45) is 9.98 Å². The van der Waals surface area contributed by atoms with E-state index in [0.29, 0.717) is 46.3 Å². The van der Waals surface area contributed by atoms with Crippen molar-refractivity contribution >= 4 is 33.2 Å². The maximum atomic E-state index is 4.82. The van der Waals surface area contributed by atoms with Gasteiger partial charge in [0.15, 0.2) is 0 Å². The normalized spacial score (nSPS) is 12.6. The fourth-order valence-corrected chi connectivity index (χ4v) is 8.69. The molecule has 8 rings (SSSR count). The number of nitrogens with zero attached hydrogens (tertiary/aromatic N) is 6. The van der Waals surface area contributed by atoms with E-state index in [1.807, 2.05) is 24.8 Å². The Balaban J connectivity index is 0.000000218. The van der Waals surface area contributed by atoms with Gasteiger partial charge in [-0.3, -0.25) is 9.97 Å². The van der Waals surface area contributed by atoms with Gasteiger partial charge >= 0.3 is 19.5 Å².